The number of benzene rings is 1. The zero-order valence-corrected chi connectivity index (χ0v) is 10.5. The van der Waals surface area contributed by atoms with E-state index in [1.807, 2.05) is 12.1 Å². The molecule has 1 aromatic rings. The van der Waals surface area contributed by atoms with E-state index in [1.54, 1.807) is 30.8 Å². The Labute approximate surface area is 105 Å². The van der Waals surface area contributed by atoms with Crippen LogP contribution in [0.3, 0.4) is 0 Å². The zero-order valence-electron chi connectivity index (χ0n) is 9.76. The van der Waals surface area contributed by atoms with E-state index in [2.05, 4.69) is 0 Å². The summed E-state index contributed by atoms with van der Waals surface area (Å²) in [7, 11) is 3.53. The smallest absolute Gasteiger partial charge is 0.329 e. The van der Waals surface area contributed by atoms with E-state index in [9.17, 15) is 4.79 Å². The van der Waals surface area contributed by atoms with E-state index in [1.165, 1.54) is 6.34 Å². The maximum absolute atomic E-state index is 11.1. The van der Waals surface area contributed by atoms with Gasteiger partial charge in [-0.05, 0) is 22.8 Å². The molecule has 1 rings (SSSR count). The molecule has 0 aliphatic rings. The van der Waals surface area contributed by atoms with Gasteiger partial charge in [-0.25, -0.2) is 4.79 Å². The maximum Gasteiger partial charge on any atom is 0.436 e. The van der Waals surface area contributed by atoms with E-state index in [0.717, 1.165) is 10.6 Å². The molecule has 2 N–H and O–H groups in total. The molecule has 0 atom stereocenters. The van der Waals surface area contributed by atoms with Gasteiger partial charge in [0, 0.05) is 5.02 Å². The Morgan fingerprint density at radius 1 is 1.47 bits per heavy atom. The van der Waals surface area contributed by atoms with Gasteiger partial charge in [0.2, 0.25) is 0 Å². The standard InChI is InChI=1S/C11H14ClN3O2/c1-14(2)8-15(11(13)16)17-7-9-3-5-10(12)6-4-9/h3-6,8H,7H2,1-2H3,(H-,13,16)/p+1. The van der Waals surface area contributed by atoms with Gasteiger partial charge in [0.05, 0.1) is 14.1 Å². The molecule has 0 heterocycles. The Hall–Kier alpha value is -1.59. The first-order chi connectivity index (χ1) is 7.99. The first kappa shape index (κ1) is 13.5. The van der Waals surface area contributed by atoms with Crippen molar-refractivity contribution in [3.63, 3.8) is 0 Å². The number of primary amides is 1. The van der Waals surface area contributed by atoms with Crippen LogP contribution in [0.1, 0.15) is 5.56 Å². The molecule has 0 aromatic heterocycles. The molecule has 92 valence electrons. The van der Waals surface area contributed by atoms with E-state index in [-0.39, 0.29) is 6.61 Å². The molecule has 0 saturated heterocycles. The van der Waals surface area contributed by atoms with Gasteiger partial charge in [-0.15, -0.1) is 0 Å². The summed E-state index contributed by atoms with van der Waals surface area (Å²) in [5, 5.41) is 1.63. The lowest BCUT2D eigenvalue weighted by Gasteiger charge is -2.07. The number of amides is 2. The molecule has 17 heavy (non-hydrogen) atoms. The fraction of sp³-hybridized carbons (Fsp3) is 0.273. The zero-order chi connectivity index (χ0) is 12.8. The fourth-order valence-electron chi connectivity index (χ4n) is 1.09. The number of hydroxylamine groups is 2. The summed E-state index contributed by atoms with van der Waals surface area (Å²) in [4.78, 5) is 16.3. The third kappa shape index (κ3) is 4.84. The minimum absolute atomic E-state index is 0.241. The van der Waals surface area contributed by atoms with E-state index >= 15 is 0 Å². The van der Waals surface area contributed by atoms with Gasteiger partial charge in [-0.3, -0.25) is 4.58 Å². The summed E-state index contributed by atoms with van der Waals surface area (Å²) < 4.78 is 1.66. The fourth-order valence-corrected chi connectivity index (χ4v) is 1.21. The molecule has 0 spiro atoms. The van der Waals surface area contributed by atoms with Crippen LogP contribution in [0, 0.1) is 0 Å². The topological polar surface area (TPSA) is 58.6 Å². The Morgan fingerprint density at radius 2 is 2.06 bits per heavy atom. The number of hydrogen-bond acceptors (Lipinski definition) is 2. The highest BCUT2D eigenvalue weighted by Gasteiger charge is 2.16. The van der Waals surface area contributed by atoms with Crippen LogP contribution in [0.25, 0.3) is 0 Å². The molecular weight excluding hydrogens is 242 g/mol. The molecule has 0 aliphatic heterocycles. The highest BCUT2D eigenvalue weighted by atomic mass is 35.5. The molecule has 0 unspecified atom stereocenters. The number of carbonyl (C=O) groups is 1. The Bertz CT molecular complexity index is 413. The number of rotatable bonds is 4. The first-order valence-electron chi connectivity index (χ1n) is 4.96. The Kier molecular flexibility index (Phi) is 4.93. The molecular formula is C11H15ClN3O2+. The summed E-state index contributed by atoms with van der Waals surface area (Å²) in [6, 6.07) is 6.47. The van der Waals surface area contributed by atoms with Crippen molar-refractivity contribution < 1.29 is 14.2 Å². The summed E-state index contributed by atoms with van der Waals surface area (Å²) in [6.45, 7) is 0.241. The SMILES string of the molecule is C[N+](C)=CN(OCc1ccc(Cl)cc1)C(N)=O. The molecule has 0 fully saturated rings. The molecule has 0 bridgehead atoms. The van der Waals surface area contributed by atoms with Crippen LogP contribution in [0.5, 0.6) is 0 Å². The van der Waals surface area contributed by atoms with Crippen LogP contribution in [-0.2, 0) is 11.4 Å². The summed E-state index contributed by atoms with van der Waals surface area (Å²) >= 11 is 5.76. The normalized spacial score (nSPS) is 9.82. The van der Waals surface area contributed by atoms with Gasteiger partial charge in [0.1, 0.15) is 6.61 Å². The maximum atomic E-state index is 11.1. The molecule has 0 aliphatic carbocycles. The molecule has 1 aromatic carbocycles. The van der Waals surface area contributed by atoms with Gasteiger partial charge in [0.25, 0.3) is 6.34 Å². The van der Waals surface area contributed by atoms with Crippen molar-refractivity contribution in [1.82, 2.24) is 5.06 Å². The van der Waals surface area contributed by atoms with Crippen LogP contribution >= 0.6 is 11.6 Å². The third-order valence-corrected chi connectivity index (χ3v) is 2.09. The molecule has 0 saturated carbocycles. The van der Waals surface area contributed by atoms with Crippen molar-refractivity contribution in [3.8, 4) is 0 Å². The summed E-state index contributed by atoms with van der Waals surface area (Å²) in [5.74, 6) is 0. The van der Waals surface area contributed by atoms with Gasteiger partial charge in [-0.1, -0.05) is 23.7 Å². The minimum atomic E-state index is -0.673. The number of nitrogens with two attached hydrogens (primary N) is 1. The average Bonchev–Trinajstić information content (AvgIpc) is 2.25. The van der Waals surface area contributed by atoms with E-state index < -0.39 is 6.03 Å². The van der Waals surface area contributed by atoms with Gasteiger partial charge in [0.15, 0.2) is 0 Å². The van der Waals surface area contributed by atoms with Crippen molar-refractivity contribution in [2.45, 2.75) is 6.61 Å². The molecule has 5 nitrogen and oxygen atoms in total. The number of nitrogens with zero attached hydrogens (tertiary/aromatic N) is 2. The third-order valence-electron chi connectivity index (χ3n) is 1.84. The lowest BCUT2D eigenvalue weighted by atomic mass is 10.2. The van der Waals surface area contributed by atoms with Crippen LogP contribution < -0.4 is 5.73 Å². The monoisotopic (exact) mass is 256 g/mol. The van der Waals surface area contributed by atoms with Gasteiger partial charge >= 0.3 is 6.03 Å². The van der Waals surface area contributed by atoms with E-state index in [0.29, 0.717) is 5.02 Å². The molecule has 2 amide bonds. The highest BCUT2D eigenvalue weighted by Crippen LogP contribution is 2.10. The van der Waals surface area contributed by atoms with Crippen molar-refractivity contribution in [3.05, 3.63) is 34.9 Å². The predicted octanol–water partition coefficient (Wildman–Crippen LogP) is 1.45. The predicted molar refractivity (Wildman–Crippen MR) is 65.8 cm³/mol. The van der Waals surface area contributed by atoms with Crippen LogP contribution in [0.4, 0.5) is 4.79 Å². The Morgan fingerprint density at radius 3 is 2.53 bits per heavy atom. The number of urea groups is 1. The number of carbonyl (C=O) groups excluding carboxylic acids is 1. The largest absolute Gasteiger partial charge is 0.436 e. The molecule has 6 heteroatoms. The number of halogens is 1. The van der Waals surface area contributed by atoms with Gasteiger partial charge < -0.3 is 5.73 Å². The van der Waals surface area contributed by atoms with Crippen molar-refractivity contribution in [2.24, 2.45) is 5.73 Å². The van der Waals surface area contributed by atoms with Crippen molar-refractivity contribution in [1.29, 1.82) is 0 Å². The van der Waals surface area contributed by atoms with Crippen LogP contribution in [0.2, 0.25) is 5.02 Å². The summed E-state index contributed by atoms with van der Waals surface area (Å²) in [5.41, 5.74) is 6.05. The van der Waals surface area contributed by atoms with Gasteiger partial charge in [-0.2, -0.15) is 4.84 Å². The lowest BCUT2D eigenvalue weighted by Crippen LogP contribution is -2.36. The Balaban J connectivity index is 2.61. The first-order valence-corrected chi connectivity index (χ1v) is 5.34. The number of hydrogen-bond donors (Lipinski definition) is 1. The van der Waals surface area contributed by atoms with Crippen molar-refractivity contribution >= 4 is 24.0 Å². The van der Waals surface area contributed by atoms with E-state index in [4.69, 9.17) is 22.2 Å². The second-order valence-corrected chi connectivity index (χ2v) is 4.08. The van der Waals surface area contributed by atoms with Crippen LogP contribution in [0.15, 0.2) is 24.3 Å². The quantitative estimate of drug-likeness (QED) is 0.384. The second-order valence-electron chi connectivity index (χ2n) is 3.64. The highest BCUT2D eigenvalue weighted by molar-refractivity contribution is 6.30. The molecule has 0 radical (unpaired) electrons. The second kappa shape index (κ2) is 6.22. The summed E-state index contributed by atoms with van der Waals surface area (Å²) in [6.07, 6.45) is 1.46. The van der Waals surface area contributed by atoms with Crippen LogP contribution in [-0.4, -0.2) is 36.1 Å². The average molecular weight is 257 g/mol. The van der Waals surface area contributed by atoms with Crippen molar-refractivity contribution in [2.75, 3.05) is 14.1 Å². The minimum Gasteiger partial charge on any atom is -0.329 e. The lowest BCUT2D eigenvalue weighted by molar-refractivity contribution is -0.467.